The number of pyridine rings is 1. The average molecular weight is 178 g/mol. The van der Waals surface area contributed by atoms with Gasteiger partial charge in [-0.15, -0.1) is 0 Å². The average Bonchev–Trinajstić information content (AvgIpc) is 2.15. The zero-order valence-electron chi connectivity index (χ0n) is 7.73. The summed E-state index contributed by atoms with van der Waals surface area (Å²) in [6, 6.07) is 3.85. The van der Waals surface area contributed by atoms with Crippen molar-refractivity contribution >= 4 is 5.91 Å². The fraction of sp³-hybridized carbons (Fsp3) is 0.400. The first-order chi connectivity index (χ1) is 6.24. The Bertz CT molecular complexity index is 272. The summed E-state index contributed by atoms with van der Waals surface area (Å²) in [4.78, 5) is 14.8. The van der Waals surface area contributed by atoms with E-state index in [0.717, 1.165) is 12.0 Å². The number of aromatic nitrogens is 1. The molecule has 0 spiro atoms. The van der Waals surface area contributed by atoms with Gasteiger partial charge in [0.15, 0.2) is 0 Å². The summed E-state index contributed by atoms with van der Waals surface area (Å²) < 4.78 is 0. The lowest BCUT2D eigenvalue weighted by molar-refractivity contribution is -0.118. The highest BCUT2D eigenvalue weighted by molar-refractivity contribution is 5.74. The van der Waals surface area contributed by atoms with Crippen molar-refractivity contribution in [1.82, 2.24) is 4.98 Å². The molecule has 0 saturated heterocycles. The normalized spacial score (nSPS) is 12.4. The van der Waals surface area contributed by atoms with Gasteiger partial charge in [-0.3, -0.25) is 9.78 Å². The summed E-state index contributed by atoms with van der Waals surface area (Å²) in [5.74, 6) is -0.0399. The summed E-state index contributed by atoms with van der Waals surface area (Å²) >= 11 is 0. The van der Waals surface area contributed by atoms with Crippen LogP contribution in [0, 0.1) is 0 Å². The Morgan fingerprint density at radius 3 is 2.92 bits per heavy atom. The van der Waals surface area contributed by atoms with E-state index in [1.807, 2.05) is 19.1 Å². The van der Waals surface area contributed by atoms with Gasteiger partial charge in [-0.05, 0) is 24.0 Å². The molecular weight excluding hydrogens is 164 g/mol. The second-order valence-corrected chi connectivity index (χ2v) is 3.06. The Balaban J connectivity index is 2.73. The third-order valence-corrected chi connectivity index (χ3v) is 2.10. The smallest absolute Gasteiger partial charge is 0.218 e. The van der Waals surface area contributed by atoms with Crippen LogP contribution in [0.25, 0.3) is 0 Å². The van der Waals surface area contributed by atoms with Gasteiger partial charge in [0.2, 0.25) is 5.91 Å². The molecule has 0 aliphatic rings. The number of hydrogen-bond donors (Lipinski definition) is 1. The molecular formula is C10H14N2O. The highest BCUT2D eigenvalue weighted by Crippen LogP contribution is 2.21. The fourth-order valence-electron chi connectivity index (χ4n) is 1.36. The van der Waals surface area contributed by atoms with Crippen LogP contribution in [0.15, 0.2) is 24.5 Å². The molecule has 1 unspecified atom stereocenters. The number of nitrogens with two attached hydrogens (primary N) is 1. The van der Waals surface area contributed by atoms with E-state index in [2.05, 4.69) is 4.98 Å². The van der Waals surface area contributed by atoms with Crippen molar-refractivity contribution in [2.24, 2.45) is 5.73 Å². The van der Waals surface area contributed by atoms with Crippen molar-refractivity contribution in [3.05, 3.63) is 30.1 Å². The van der Waals surface area contributed by atoms with Crippen LogP contribution in [-0.4, -0.2) is 10.9 Å². The van der Waals surface area contributed by atoms with Crippen LogP contribution in [0.3, 0.4) is 0 Å². The first kappa shape index (κ1) is 9.71. The van der Waals surface area contributed by atoms with Crippen LogP contribution in [-0.2, 0) is 4.79 Å². The molecule has 0 bridgehead atoms. The number of hydrogen-bond acceptors (Lipinski definition) is 2. The number of amides is 1. The number of nitrogens with zero attached hydrogens (tertiary/aromatic N) is 1. The lowest BCUT2D eigenvalue weighted by Gasteiger charge is -2.11. The van der Waals surface area contributed by atoms with E-state index in [1.165, 1.54) is 0 Å². The quantitative estimate of drug-likeness (QED) is 0.758. The van der Waals surface area contributed by atoms with Crippen molar-refractivity contribution in [3.63, 3.8) is 0 Å². The minimum atomic E-state index is -0.254. The molecule has 1 aromatic heterocycles. The summed E-state index contributed by atoms with van der Waals surface area (Å²) in [6.45, 7) is 2.04. The lowest BCUT2D eigenvalue weighted by Crippen LogP contribution is -2.15. The summed E-state index contributed by atoms with van der Waals surface area (Å²) in [6.07, 6.45) is 4.83. The van der Waals surface area contributed by atoms with E-state index in [1.54, 1.807) is 12.4 Å². The van der Waals surface area contributed by atoms with Gasteiger partial charge in [0.25, 0.3) is 0 Å². The van der Waals surface area contributed by atoms with E-state index in [9.17, 15) is 4.79 Å². The summed E-state index contributed by atoms with van der Waals surface area (Å²) in [5, 5.41) is 0. The Kier molecular flexibility index (Phi) is 3.43. The largest absolute Gasteiger partial charge is 0.370 e. The molecule has 1 rings (SSSR count). The molecule has 0 fully saturated rings. The highest BCUT2D eigenvalue weighted by Gasteiger charge is 2.11. The summed E-state index contributed by atoms with van der Waals surface area (Å²) in [5.41, 5.74) is 6.23. The van der Waals surface area contributed by atoms with Gasteiger partial charge in [-0.2, -0.15) is 0 Å². The van der Waals surface area contributed by atoms with Gasteiger partial charge in [0.05, 0.1) is 0 Å². The van der Waals surface area contributed by atoms with Gasteiger partial charge in [0.1, 0.15) is 0 Å². The predicted octanol–water partition coefficient (Wildman–Crippen LogP) is 1.45. The molecule has 0 saturated carbocycles. The van der Waals surface area contributed by atoms with Crippen molar-refractivity contribution < 1.29 is 4.79 Å². The molecule has 3 heteroatoms. The topological polar surface area (TPSA) is 56.0 Å². The molecule has 0 aliphatic carbocycles. The van der Waals surface area contributed by atoms with E-state index < -0.39 is 0 Å². The standard InChI is InChI=1S/C10H14N2O/c1-2-8(6-10(11)13)9-4-3-5-12-7-9/h3-5,7-8H,2,6H2,1H3,(H2,11,13). The van der Waals surface area contributed by atoms with Crippen molar-refractivity contribution in [2.45, 2.75) is 25.7 Å². The van der Waals surface area contributed by atoms with E-state index in [-0.39, 0.29) is 11.8 Å². The fourth-order valence-corrected chi connectivity index (χ4v) is 1.36. The zero-order chi connectivity index (χ0) is 9.68. The Morgan fingerprint density at radius 2 is 2.46 bits per heavy atom. The van der Waals surface area contributed by atoms with Crippen LogP contribution in [0.4, 0.5) is 0 Å². The molecule has 0 aromatic carbocycles. The van der Waals surface area contributed by atoms with Crippen LogP contribution in [0.5, 0.6) is 0 Å². The maximum absolute atomic E-state index is 10.7. The number of carbonyl (C=O) groups is 1. The van der Waals surface area contributed by atoms with Crippen LogP contribution < -0.4 is 5.73 Å². The molecule has 1 heterocycles. The van der Waals surface area contributed by atoms with Gasteiger partial charge in [-0.25, -0.2) is 0 Å². The third-order valence-electron chi connectivity index (χ3n) is 2.10. The molecule has 70 valence electrons. The minimum Gasteiger partial charge on any atom is -0.370 e. The number of rotatable bonds is 4. The monoisotopic (exact) mass is 178 g/mol. The van der Waals surface area contributed by atoms with Crippen LogP contribution in [0.2, 0.25) is 0 Å². The molecule has 0 aliphatic heterocycles. The first-order valence-corrected chi connectivity index (χ1v) is 4.42. The number of primary amides is 1. The van der Waals surface area contributed by atoms with Gasteiger partial charge < -0.3 is 5.73 Å². The molecule has 1 amide bonds. The number of carbonyl (C=O) groups excluding carboxylic acids is 1. The molecule has 2 N–H and O–H groups in total. The van der Waals surface area contributed by atoms with Gasteiger partial charge in [0, 0.05) is 18.8 Å². The SMILES string of the molecule is CCC(CC(N)=O)c1cccnc1. The van der Waals surface area contributed by atoms with Gasteiger partial charge >= 0.3 is 0 Å². The third kappa shape index (κ3) is 2.86. The van der Waals surface area contributed by atoms with E-state index >= 15 is 0 Å². The molecule has 0 radical (unpaired) electrons. The second-order valence-electron chi connectivity index (χ2n) is 3.06. The van der Waals surface area contributed by atoms with E-state index in [0.29, 0.717) is 6.42 Å². The Labute approximate surface area is 78.0 Å². The van der Waals surface area contributed by atoms with Gasteiger partial charge in [-0.1, -0.05) is 13.0 Å². The van der Waals surface area contributed by atoms with Crippen molar-refractivity contribution in [3.8, 4) is 0 Å². The maximum Gasteiger partial charge on any atom is 0.218 e. The first-order valence-electron chi connectivity index (χ1n) is 4.42. The van der Waals surface area contributed by atoms with Crippen molar-refractivity contribution in [1.29, 1.82) is 0 Å². The Hall–Kier alpha value is -1.38. The van der Waals surface area contributed by atoms with Crippen molar-refractivity contribution in [2.75, 3.05) is 0 Å². The molecule has 3 nitrogen and oxygen atoms in total. The van der Waals surface area contributed by atoms with Crippen LogP contribution >= 0.6 is 0 Å². The predicted molar refractivity (Wildman–Crippen MR) is 51.1 cm³/mol. The Morgan fingerprint density at radius 1 is 1.69 bits per heavy atom. The molecule has 13 heavy (non-hydrogen) atoms. The highest BCUT2D eigenvalue weighted by atomic mass is 16.1. The summed E-state index contributed by atoms with van der Waals surface area (Å²) in [7, 11) is 0. The molecule has 1 aromatic rings. The zero-order valence-corrected chi connectivity index (χ0v) is 7.73. The minimum absolute atomic E-state index is 0.214. The maximum atomic E-state index is 10.7. The van der Waals surface area contributed by atoms with E-state index in [4.69, 9.17) is 5.73 Å². The molecule has 1 atom stereocenters. The van der Waals surface area contributed by atoms with Crippen LogP contribution in [0.1, 0.15) is 31.2 Å². The second kappa shape index (κ2) is 4.60. The lowest BCUT2D eigenvalue weighted by atomic mass is 9.94.